The van der Waals surface area contributed by atoms with Gasteiger partial charge in [-0.1, -0.05) is 47.7 Å². The largest absolute Gasteiger partial charge is 0.240 e. The summed E-state index contributed by atoms with van der Waals surface area (Å²) in [7, 11) is 0. The molecule has 3 aromatic rings. The van der Waals surface area contributed by atoms with Crippen molar-refractivity contribution >= 4 is 0 Å². The molecule has 0 radical (unpaired) electrons. The van der Waals surface area contributed by atoms with Crippen molar-refractivity contribution in [3.8, 4) is 17.3 Å². The van der Waals surface area contributed by atoms with Crippen LogP contribution in [0.3, 0.4) is 0 Å². The third-order valence-corrected chi connectivity index (χ3v) is 3.08. The van der Waals surface area contributed by atoms with Crippen LogP contribution in [0, 0.1) is 11.3 Å². The van der Waals surface area contributed by atoms with Gasteiger partial charge in [-0.2, -0.15) is 5.26 Å². The standard InChI is InChI=1S/C16H12N4/c17-10-13-5-4-6-14(9-13)12-20-16(11-18-19-20)15-7-2-1-3-8-15/h1-9,11H,12H2. The average molecular weight is 260 g/mol. The fraction of sp³-hybridized carbons (Fsp3) is 0.0625. The van der Waals surface area contributed by atoms with E-state index in [0.29, 0.717) is 12.1 Å². The van der Waals surface area contributed by atoms with Gasteiger partial charge in [0.2, 0.25) is 0 Å². The number of aromatic nitrogens is 3. The molecule has 96 valence electrons. The Hall–Kier alpha value is -2.93. The highest BCUT2D eigenvalue weighted by atomic mass is 15.4. The van der Waals surface area contributed by atoms with Crippen LogP contribution in [-0.2, 0) is 6.54 Å². The summed E-state index contributed by atoms with van der Waals surface area (Å²) in [5.74, 6) is 0. The van der Waals surface area contributed by atoms with Crippen molar-refractivity contribution in [3.05, 3.63) is 71.9 Å². The van der Waals surface area contributed by atoms with Gasteiger partial charge in [-0.25, -0.2) is 4.68 Å². The van der Waals surface area contributed by atoms with E-state index in [4.69, 9.17) is 5.26 Å². The summed E-state index contributed by atoms with van der Waals surface area (Å²) < 4.78 is 1.84. The Kier molecular flexibility index (Phi) is 3.25. The molecule has 0 atom stereocenters. The van der Waals surface area contributed by atoms with Gasteiger partial charge in [-0.15, -0.1) is 5.10 Å². The van der Waals surface area contributed by atoms with Crippen molar-refractivity contribution in [2.75, 3.05) is 0 Å². The molecule has 20 heavy (non-hydrogen) atoms. The molecule has 0 saturated heterocycles. The van der Waals surface area contributed by atoms with Crippen molar-refractivity contribution in [2.24, 2.45) is 0 Å². The Morgan fingerprint density at radius 2 is 1.90 bits per heavy atom. The fourth-order valence-electron chi connectivity index (χ4n) is 2.12. The van der Waals surface area contributed by atoms with Crippen LogP contribution in [0.25, 0.3) is 11.3 Å². The third-order valence-electron chi connectivity index (χ3n) is 3.08. The van der Waals surface area contributed by atoms with E-state index in [0.717, 1.165) is 16.8 Å². The quantitative estimate of drug-likeness (QED) is 0.727. The van der Waals surface area contributed by atoms with Crippen molar-refractivity contribution < 1.29 is 0 Å². The van der Waals surface area contributed by atoms with Gasteiger partial charge < -0.3 is 0 Å². The van der Waals surface area contributed by atoms with Crippen LogP contribution in [-0.4, -0.2) is 15.0 Å². The van der Waals surface area contributed by atoms with E-state index in [1.165, 1.54) is 0 Å². The second kappa shape index (κ2) is 5.37. The maximum absolute atomic E-state index is 8.94. The van der Waals surface area contributed by atoms with Crippen LogP contribution in [0.5, 0.6) is 0 Å². The van der Waals surface area contributed by atoms with Gasteiger partial charge >= 0.3 is 0 Å². The van der Waals surface area contributed by atoms with E-state index < -0.39 is 0 Å². The van der Waals surface area contributed by atoms with Crippen LogP contribution in [0.2, 0.25) is 0 Å². The van der Waals surface area contributed by atoms with E-state index in [-0.39, 0.29) is 0 Å². The second-order valence-corrected chi connectivity index (χ2v) is 4.46. The predicted molar refractivity (Wildman–Crippen MR) is 75.7 cm³/mol. The van der Waals surface area contributed by atoms with E-state index in [9.17, 15) is 0 Å². The van der Waals surface area contributed by atoms with Gasteiger partial charge in [0, 0.05) is 5.56 Å². The lowest BCUT2D eigenvalue weighted by atomic mass is 10.1. The minimum Gasteiger partial charge on any atom is -0.240 e. The summed E-state index contributed by atoms with van der Waals surface area (Å²) in [4.78, 5) is 0. The number of nitrogens with zero attached hydrogens (tertiary/aromatic N) is 4. The summed E-state index contributed by atoms with van der Waals surface area (Å²) in [6.07, 6.45) is 1.75. The number of benzene rings is 2. The van der Waals surface area contributed by atoms with Gasteiger partial charge in [-0.3, -0.25) is 0 Å². The number of rotatable bonds is 3. The van der Waals surface area contributed by atoms with Crippen LogP contribution < -0.4 is 0 Å². The summed E-state index contributed by atoms with van der Waals surface area (Å²) in [5.41, 5.74) is 3.73. The number of hydrogen-bond donors (Lipinski definition) is 0. The number of hydrogen-bond acceptors (Lipinski definition) is 3. The Balaban J connectivity index is 1.93. The zero-order valence-corrected chi connectivity index (χ0v) is 10.8. The Bertz CT molecular complexity index is 753. The van der Waals surface area contributed by atoms with Gasteiger partial charge in [0.25, 0.3) is 0 Å². The molecule has 0 aliphatic heterocycles. The molecule has 0 N–H and O–H groups in total. The minimum atomic E-state index is 0.597. The Labute approximate surface area is 116 Å². The molecule has 3 rings (SSSR count). The third kappa shape index (κ3) is 2.43. The average Bonchev–Trinajstić information content (AvgIpc) is 2.96. The zero-order chi connectivity index (χ0) is 13.8. The smallest absolute Gasteiger partial charge is 0.0991 e. The highest BCUT2D eigenvalue weighted by molar-refractivity contribution is 5.58. The van der Waals surface area contributed by atoms with Crippen LogP contribution >= 0.6 is 0 Å². The molecular formula is C16H12N4. The van der Waals surface area contributed by atoms with Crippen LogP contribution in [0.1, 0.15) is 11.1 Å². The Morgan fingerprint density at radius 3 is 2.70 bits per heavy atom. The molecule has 0 aliphatic carbocycles. The molecule has 0 aliphatic rings. The first-order chi connectivity index (χ1) is 9.86. The van der Waals surface area contributed by atoms with Gasteiger partial charge in [0.1, 0.15) is 0 Å². The van der Waals surface area contributed by atoms with Crippen LogP contribution in [0.15, 0.2) is 60.8 Å². The summed E-state index contributed by atoms with van der Waals surface area (Å²) in [6.45, 7) is 0.597. The molecule has 1 aromatic heterocycles. The molecule has 2 aromatic carbocycles. The maximum atomic E-state index is 8.94. The van der Waals surface area contributed by atoms with E-state index in [1.54, 1.807) is 12.3 Å². The highest BCUT2D eigenvalue weighted by Gasteiger charge is 2.07. The molecule has 0 amide bonds. The lowest BCUT2D eigenvalue weighted by Crippen LogP contribution is -2.04. The minimum absolute atomic E-state index is 0.597. The molecule has 0 saturated carbocycles. The van der Waals surface area contributed by atoms with E-state index >= 15 is 0 Å². The molecule has 0 unspecified atom stereocenters. The van der Waals surface area contributed by atoms with Crippen molar-refractivity contribution in [2.45, 2.75) is 6.54 Å². The van der Waals surface area contributed by atoms with Gasteiger partial charge in [-0.05, 0) is 17.7 Å². The lowest BCUT2D eigenvalue weighted by Gasteiger charge is -2.06. The molecule has 0 spiro atoms. The van der Waals surface area contributed by atoms with Crippen molar-refractivity contribution in [3.63, 3.8) is 0 Å². The normalized spacial score (nSPS) is 10.2. The summed E-state index contributed by atoms with van der Waals surface area (Å²) in [5, 5.41) is 17.0. The van der Waals surface area contributed by atoms with Crippen molar-refractivity contribution in [1.82, 2.24) is 15.0 Å². The highest BCUT2D eigenvalue weighted by Crippen LogP contribution is 2.18. The van der Waals surface area contributed by atoms with E-state index in [1.807, 2.05) is 53.2 Å². The monoisotopic (exact) mass is 260 g/mol. The Morgan fingerprint density at radius 1 is 1.05 bits per heavy atom. The van der Waals surface area contributed by atoms with E-state index in [2.05, 4.69) is 16.4 Å². The summed E-state index contributed by atoms with van der Waals surface area (Å²) in [6, 6.07) is 19.7. The molecule has 4 nitrogen and oxygen atoms in total. The molecule has 4 heteroatoms. The first-order valence-electron chi connectivity index (χ1n) is 6.30. The maximum Gasteiger partial charge on any atom is 0.0991 e. The molecule has 1 heterocycles. The summed E-state index contributed by atoms with van der Waals surface area (Å²) >= 11 is 0. The van der Waals surface area contributed by atoms with Gasteiger partial charge in [0.15, 0.2) is 0 Å². The topological polar surface area (TPSA) is 54.5 Å². The first kappa shape index (κ1) is 12.1. The zero-order valence-electron chi connectivity index (χ0n) is 10.8. The second-order valence-electron chi connectivity index (χ2n) is 4.46. The van der Waals surface area contributed by atoms with Gasteiger partial charge in [0.05, 0.1) is 30.1 Å². The SMILES string of the molecule is N#Cc1cccc(Cn2nncc2-c2ccccc2)c1. The molecule has 0 fully saturated rings. The fourth-order valence-corrected chi connectivity index (χ4v) is 2.12. The molecular weight excluding hydrogens is 248 g/mol. The molecule has 0 bridgehead atoms. The lowest BCUT2D eigenvalue weighted by molar-refractivity contribution is 0.655. The van der Waals surface area contributed by atoms with Crippen molar-refractivity contribution in [1.29, 1.82) is 5.26 Å². The number of nitriles is 1. The van der Waals surface area contributed by atoms with Crippen LogP contribution in [0.4, 0.5) is 0 Å². The first-order valence-corrected chi connectivity index (χ1v) is 6.30. The predicted octanol–water partition coefficient (Wildman–Crippen LogP) is 2.87.